The van der Waals surface area contributed by atoms with Crippen LogP contribution in [0.4, 0.5) is 16.2 Å². The Morgan fingerprint density at radius 3 is 2.42 bits per heavy atom. The summed E-state index contributed by atoms with van der Waals surface area (Å²) in [5.41, 5.74) is 1.12. The molecule has 0 spiro atoms. The van der Waals surface area contributed by atoms with Crippen LogP contribution < -0.4 is 10.6 Å². The number of rotatable bonds is 2. The van der Waals surface area contributed by atoms with E-state index in [0.29, 0.717) is 21.4 Å². The molecule has 0 aliphatic heterocycles. The number of para-hydroxylation sites is 1. The van der Waals surface area contributed by atoms with Gasteiger partial charge in [0.05, 0.1) is 16.4 Å². The molecule has 0 fully saturated rings. The SMILES string of the molecule is O=C(Nc1ccccc1Cl)Nc1cc(Cl)ccc1Br. The van der Waals surface area contributed by atoms with Gasteiger partial charge in [0.15, 0.2) is 0 Å². The first-order valence-corrected chi connectivity index (χ1v) is 6.89. The zero-order valence-corrected chi connectivity index (χ0v) is 12.7. The molecule has 0 bridgehead atoms. The quantitative estimate of drug-likeness (QED) is 0.740. The molecule has 0 aromatic heterocycles. The van der Waals surface area contributed by atoms with E-state index in [0.717, 1.165) is 4.47 Å². The maximum Gasteiger partial charge on any atom is 0.323 e. The second-order valence-corrected chi connectivity index (χ2v) is 5.38. The second kappa shape index (κ2) is 6.28. The molecule has 98 valence electrons. The molecule has 0 aliphatic rings. The molecule has 0 saturated heterocycles. The number of carbonyl (C=O) groups is 1. The largest absolute Gasteiger partial charge is 0.323 e. The Balaban J connectivity index is 2.10. The molecule has 2 amide bonds. The van der Waals surface area contributed by atoms with Gasteiger partial charge in [0, 0.05) is 9.50 Å². The van der Waals surface area contributed by atoms with Crippen molar-refractivity contribution in [2.24, 2.45) is 0 Å². The van der Waals surface area contributed by atoms with Crippen molar-refractivity contribution in [3.8, 4) is 0 Å². The van der Waals surface area contributed by atoms with Crippen LogP contribution in [0.25, 0.3) is 0 Å². The van der Waals surface area contributed by atoms with Gasteiger partial charge in [0.2, 0.25) is 0 Å². The topological polar surface area (TPSA) is 41.1 Å². The zero-order chi connectivity index (χ0) is 13.8. The highest BCUT2D eigenvalue weighted by Gasteiger charge is 2.08. The lowest BCUT2D eigenvalue weighted by Gasteiger charge is -2.10. The minimum absolute atomic E-state index is 0.393. The molecule has 19 heavy (non-hydrogen) atoms. The van der Waals surface area contributed by atoms with Gasteiger partial charge in [-0.15, -0.1) is 0 Å². The van der Waals surface area contributed by atoms with Crippen LogP contribution >= 0.6 is 39.1 Å². The maximum absolute atomic E-state index is 11.9. The van der Waals surface area contributed by atoms with E-state index >= 15 is 0 Å². The van der Waals surface area contributed by atoms with Gasteiger partial charge in [-0.2, -0.15) is 0 Å². The number of amides is 2. The van der Waals surface area contributed by atoms with Crippen molar-refractivity contribution in [1.82, 2.24) is 0 Å². The fourth-order valence-corrected chi connectivity index (χ4v) is 2.13. The first kappa shape index (κ1) is 14.2. The number of urea groups is 1. The highest BCUT2D eigenvalue weighted by atomic mass is 79.9. The number of anilines is 2. The molecule has 2 aromatic rings. The average Bonchev–Trinajstić information content (AvgIpc) is 2.37. The average molecular weight is 360 g/mol. The van der Waals surface area contributed by atoms with Crippen LogP contribution in [0.15, 0.2) is 46.9 Å². The van der Waals surface area contributed by atoms with Gasteiger partial charge in [-0.25, -0.2) is 4.79 Å². The van der Waals surface area contributed by atoms with E-state index in [1.807, 2.05) is 0 Å². The third-order valence-corrected chi connectivity index (χ3v) is 3.55. The van der Waals surface area contributed by atoms with Crippen molar-refractivity contribution in [1.29, 1.82) is 0 Å². The van der Waals surface area contributed by atoms with Crippen molar-refractivity contribution in [3.63, 3.8) is 0 Å². The van der Waals surface area contributed by atoms with Gasteiger partial charge in [-0.1, -0.05) is 35.3 Å². The summed E-state index contributed by atoms with van der Waals surface area (Å²) in [4.78, 5) is 11.9. The third kappa shape index (κ3) is 3.86. The summed E-state index contributed by atoms with van der Waals surface area (Å²) in [6, 6.07) is 11.7. The summed E-state index contributed by atoms with van der Waals surface area (Å²) >= 11 is 15.2. The lowest BCUT2D eigenvalue weighted by Crippen LogP contribution is -2.19. The second-order valence-electron chi connectivity index (χ2n) is 3.68. The maximum atomic E-state index is 11.9. The van der Waals surface area contributed by atoms with Crippen molar-refractivity contribution < 1.29 is 4.79 Å². The Bertz CT molecular complexity index is 619. The number of carbonyl (C=O) groups excluding carboxylic acids is 1. The molecule has 0 radical (unpaired) electrons. The monoisotopic (exact) mass is 358 g/mol. The smallest absolute Gasteiger partial charge is 0.307 e. The molecule has 0 unspecified atom stereocenters. The molecular formula is C13H9BrCl2N2O. The fourth-order valence-electron chi connectivity index (χ4n) is 1.43. The number of hydrogen-bond donors (Lipinski definition) is 2. The molecule has 3 nitrogen and oxygen atoms in total. The predicted molar refractivity (Wildman–Crippen MR) is 83.2 cm³/mol. The number of hydrogen-bond acceptors (Lipinski definition) is 1. The first-order valence-electron chi connectivity index (χ1n) is 5.34. The van der Waals surface area contributed by atoms with E-state index in [1.54, 1.807) is 42.5 Å². The van der Waals surface area contributed by atoms with Gasteiger partial charge < -0.3 is 10.6 Å². The molecular weight excluding hydrogens is 351 g/mol. The summed E-state index contributed by atoms with van der Waals surface area (Å²) in [7, 11) is 0. The molecule has 6 heteroatoms. The number of benzene rings is 2. The molecule has 2 rings (SSSR count). The van der Waals surface area contributed by atoms with Crippen LogP contribution in [-0.4, -0.2) is 6.03 Å². The Kier molecular flexibility index (Phi) is 4.69. The molecule has 2 N–H and O–H groups in total. The third-order valence-electron chi connectivity index (χ3n) is 2.30. The number of halogens is 3. The predicted octanol–water partition coefficient (Wildman–Crippen LogP) is 5.40. The van der Waals surface area contributed by atoms with E-state index in [9.17, 15) is 4.79 Å². The van der Waals surface area contributed by atoms with Gasteiger partial charge in [0.25, 0.3) is 0 Å². The Labute approximate surface area is 129 Å². The van der Waals surface area contributed by atoms with E-state index in [2.05, 4.69) is 26.6 Å². The van der Waals surface area contributed by atoms with Crippen LogP contribution in [0.2, 0.25) is 10.0 Å². The van der Waals surface area contributed by atoms with Gasteiger partial charge in [-0.3, -0.25) is 0 Å². The van der Waals surface area contributed by atoms with Crippen LogP contribution in [0, 0.1) is 0 Å². The lowest BCUT2D eigenvalue weighted by molar-refractivity contribution is 0.262. The van der Waals surface area contributed by atoms with E-state index in [4.69, 9.17) is 23.2 Å². The minimum atomic E-state index is -0.393. The van der Waals surface area contributed by atoms with Gasteiger partial charge >= 0.3 is 6.03 Å². The van der Waals surface area contributed by atoms with Gasteiger partial charge in [0.1, 0.15) is 0 Å². The normalized spacial score (nSPS) is 10.1. The summed E-state index contributed by atoms with van der Waals surface area (Å²) < 4.78 is 0.742. The van der Waals surface area contributed by atoms with E-state index in [-0.39, 0.29) is 0 Å². The van der Waals surface area contributed by atoms with Crippen molar-refractivity contribution in [2.75, 3.05) is 10.6 Å². The van der Waals surface area contributed by atoms with E-state index < -0.39 is 6.03 Å². The Morgan fingerprint density at radius 1 is 1.00 bits per heavy atom. The summed E-state index contributed by atoms with van der Waals surface area (Å²) in [5.74, 6) is 0. The molecule has 0 atom stereocenters. The molecule has 2 aromatic carbocycles. The summed E-state index contributed by atoms with van der Waals surface area (Å²) in [6.45, 7) is 0. The van der Waals surface area contributed by atoms with E-state index in [1.165, 1.54) is 0 Å². The summed E-state index contributed by atoms with van der Waals surface area (Å²) in [6.07, 6.45) is 0. The highest BCUT2D eigenvalue weighted by Crippen LogP contribution is 2.26. The summed E-state index contributed by atoms with van der Waals surface area (Å²) in [5, 5.41) is 6.36. The molecule has 0 aliphatic carbocycles. The van der Waals surface area contributed by atoms with Crippen molar-refractivity contribution in [2.45, 2.75) is 0 Å². The van der Waals surface area contributed by atoms with Crippen LogP contribution in [-0.2, 0) is 0 Å². The molecule has 0 saturated carbocycles. The Hall–Kier alpha value is -1.23. The number of nitrogens with one attached hydrogen (secondary N) is 2. The van der Waals surface area contributed by atoms with Crippen molar-refractivity contribution in [3.05, 3.63) is 57.0 Å². The van der Waals surface area contributed by atoms with Crippen LogP contribution in [0.5, 0.6) is 0 Å². The van der Waals surface area contributed by atoms with Crippen molar-refractivity contribution >= 4 is 56.5 Å². The fraction of sp³-hybridized carbons (Fsp3) is 0. The van der Waals surface area contributed by atoms with Crippen LogP contribution in [0.1, 0.15) is 0 Å². The standard InChI is InChI=1S/C13H9BrCl2N2O/c14-9-6-5-8(15)7-12(9)18-13(19)17-11-4-2-1-3-10(11)16/h1-7H,(H2,17,18,19). The Morgan fingerprint density at radius 2 is 1.68 bits per heavy atom. The van der Waals surface area contributed by atoms with Crippen LogP contribution in [0.3, 0.4) is 0 Å². The molecule has 0 heterocycles. The van der Waals surface area contributed by atoms with Gasteiger partial charge in [-0.05, 0) is 46.3 Å². The zero-order valence-electron chi connectivity index (χ0n) is 9.58. The lowest BCUT2D eigenvalue weighted by atomic mass is 10.3. The highest BCUT2D eigenvalue weighted by molar-refractivity contribution is 9.10. The minimum Gasteiger partial charge on any atom is -0.307 e. The first-order chi connectivity index (χ1) is 9.06.